The summed E-state index contributed by atoms with van der Waals surface area (Å²) < 4.78 is 10.5. The second-order valence-corrected chi connectivity index (χ2v) is 7.41. The number of benzene rings is 2. The molecule has 0 unspecified atom stereocenters. The Morgan fingerprint density at radius 2 is 1.50 bits per heavy atom. The van der Waals surface area contributed by atoms with Gasteiger partial charge in [-0.3, -0.25) is 19.3 Å². The molecule has 3 rings (SSSR count). The summed E-state index contributed by atoms with van der Waals surface area (Å²) in [6.45, 7) is 3.82. The van der Waals surface area contributed by atoms with Crippen LogP contribution >= 0.6 is 0 Å². The van der Waals surface area contributed by atoms with E-state index in [4.69, 9.17) is 9.47 Å². The molecule has 0 saturated carbocycles. The smallest absolute Gasteiger partial charge is 0.254 e. The minimum absolute atomic E-state index is 0.0840. The number of piperazine rings is 1. The maximum Gasteiger partial charge on any atom is 0.254 e. The molecule has 0 bridgehead atoms. The van der Waals surface area contributed by atoms with Crippen LogP contribution in [0.2, 0.25) is 0 Å². The highest BCUT2D eigenvalue weighted by Gasteiger charge is 2.24. The zero-order valence-electron chi connectivity index (χ0n) is 18.5. The number of methoxy groups -OCH3 is 2. The van der Waals surface area contributed by atoms with E-state index in [1.165, 1.54) is 14.0 Å². The van der Waals surface area contributed by atoms with Gasteiger partial charge in [0.1, 0.15) is 0 Å². The molecule has 1 saturated heterocycles. The number of anilines is 2. The molecule has 2 N–H and O–H groups in total. The second kappa shape index (κ2) is 10.6. The minimum atomic E-state index is -0.207. The largest absolute Gasteiger partial charge is 0.493 e. The Labute approximate surface area is 187 Å². The lowest BCUT2D eigenvalue weighted by Gasteiger charge is -2.34. The average Bonchev–Trinajstić information content (AvgIpc) is 2.79. The molecule has 0 aromatic heterocycles. The van der Waals surface area contributed by atoms with Crippen LogP contribution in [0.15, 0.2) is 42.5 Å². The van der Waals surface area contributed by atoms with Crippen molar-refractivity contribution in [3.05, 3.63) is 48.0 Å². The van der Waals surface area contributed by atoms with Crippen LogP contribution < -0.4 is 20.1 Å². The van der Waals surface area contributed by atoms with Gasteiger partial charge >= 0.3 is 0 Å². The van der Waals surface area contributed by atoms with Crippen LogP contribution in [0, 0.1) is 0 Å². The van der Waals surface area contributed by atoms with E-state index in [1.807, 2.05) is 4.90 Å². The Hall–Kier alpha value is -3.59. The fraction of sp³-hybridized carbons (Fsp3) is 0.348. The average molecular weight is 441 g/mol. The van der Waals surface area contributed by atoms with Crippen molar-refractivity contribution in [3.63, 3.8) is 0 Å². The molecule has 0 aliphatic carbocycles. The van der Waals surface area contributed by atoms with E-state index in [0.29, 0.717) is 54.6 Å². The molecular formula is C23H28N4O5. The van der Waals surface area contributed by atoms with Gasteiger partial charge in [0.15, 0.2) is 11.5 Å². The first-order chi connectivity index (χ1) is 15.4. The number of amides is 3. The van der Waals surface area contributed by atoms with Gasteiger partial charge in [0, 0.05) is 38.7 Å². The van der Waals surface area contributed by atoms with Crippen LogP contribution in [0.5, 0.6) is 11.5 Å². The highest BCUT2D eigenvalue weighted by atomic mass is 16.5. The topological polar surface area (TPSA) is 100 Å². The summed E-state index contributed by atoms with van der Waals surface area (Å²) in [5, 5.41) is 5.55. The summed E-state index contributed by atoms with van der Waals surface area (Å²) in [6.07, 6.45) is 0. The van der Waals surface area contributed by atoms with Crippen molar-refractivity contribution >= 4 is 29.1 Å². The number of hydrogen-bond acceptors (Lipinski definition) is 6. The van der Waals surface area contributed by atoms with Crippen LogP contribution in [0.3, 0.4) is 0 Å². The van der Waals surface area contributed by atoms with Crippen molar-refractivity contribution < 1.29 is 23.9 Å². The molecule has 0 spiro atoms. The summed E-state index contributed by atoms with van der Waals surface area (Å²) in [5.74, 6) is 0.608. The number of nitrogens with one attached hydrogen (secondary N) is 2. The van der Waals surface area contributed by atoms with Crippen molar-refractivity contribution in [2.24, 2.45) is 0 Å². The maximum atomic E-state index is 12.9. The van der Waals surface area contributed by atoms with Gasteiger partial charge in [-0.05, 0) is 30.3 Å². The summed E-state index contributed by atoms with van der Waals surface area (Å²) in [4.78, 5) is 40.5. The normalized spacial score (nSPS) is 13.9. The number of nitrogens with zero attached hydrogens (tertiary/aromatic N) is 2. The van der Waals surface area contributed by atoms with Gasteiger partial charge in [-0.15, -0.1) is 0 Å². The first kappa shape index (κ1) is 23.1. The molecular weight excluding hydrogens is 412 g/mol. The molecule has 9 heteroatoms. The highest BCUT2D eigenvalue weighted by molar-refractivity contribution is 5.99. The van der Waals surface area contributed by atoms with Crippen LogP contribution in [-0.4, -0.2) is 74.5 Å². The van der Waals surface area contributed by atoms with Gasteiger partial charge in [-0.25, -0.2) is 0 Å². The quantitative estimate of drug-likeness (QED) is 0.684. The molecule has 2 aromatic carbocycles. The van der Waals surface area contributed by atoms with Crippen LogP contribution in [0.4, 0.5) is 11.4 Å². The number of ether oxygens (including phenoxy) is 2. The van der Waals surface area contributed by atoms with Crippen molar-refractivity contribution in [2.45, 2.75) is 6.92 Å². The van der Waals surface area contributed by atoms with E-state index >= 15 is 0 Å². The van der Waals surface area contributed by atoms with Crippen molar-refractivity contribution in [1.29, 1.82) is 0 Å². The molecule has 1 heterocycles. The lowest BCUT2D eigenvalue weighted by molar-refractivity contribution is -0.117. The molecule has 1 aliphatic rings. The zero-order valence-corrected chi connectivity index (χ0v) is 18.5. The molecule has 0 radical (unpaired) electrons. The van der Waals surface area contributed by atoms with Crippen molar-refractivity contribution in [1.82, 2.24) is 9.80 Å². The van der Waals surface area contributed by atoms with Gasteiger partial charge in [0.05, 0.1) is 32.1 Å². The third kappa shape index (κ3) is 5.76. The van der Waals surface area contributed by atoms with E-state index in [-0.39, 0.29) is 24.3 Å². The fourth-order valence-electron chi connectivity index (χ4n) is 3.54. The van der Waals surface area contributed by atoms with E-state index in [9.17, 15) is 14.4 Å². The van der Waals surface area contributed by atoms with Gasteiger partial charge in [-0.2, -0.15) is 0 Å². The molecule has 1 aliphatic heterocycles. The van der Waals surface area contributed by atoms with Crippen molar-refractivity contribution in [2.75, 3.05) is 57.6 Å². The number of carbonyl (C=O) groups is 3. The molecule has 9 nitrogen and oxygen atoms in total. The highest BCUT2D eigenvalue weighted by Crippen LogP contribution is 2.28. The van der Waals surface area contributed by atoms with Gasteiger partial charge in [-0.1, -0.05) is 12.1 Å². The summed E-state index contributed by atoms with van der Waals surface area (Å²) in [7, 11) is 3.08. The molecule has 1 fully saturated rings. The maximum absolute atomic E-state index is 12.9. The molecule has 0 atom stereocenters. The number of para-hydroxylation sites is 2. The summed E-state index contributed by atoms with van der Waals surface area (Å²) >= 11 is 0. The minimum Gasteiger partial charge on any atom is -0.493 e. The Kier molecular flexibility index (Phi) is 7.67. The van der Waals surface area contributed by atoms with Gasteiger partial charge in [0.2, 0.25) is 11.8 Å². The fourth-order valence-corrected chi connectivity index (χ4v) is 3.54. The third-order valence-corrected chi connectivity index (χ3v) is 5.17. The summed E-state index contributed by atoms with van der Waals surface area (Å²) in [5.41, 5.74) is 1.64. The summed E-state index contributed by atoms with van der Waals surface area (Å²) in [6, 6.07) is 12.2. The molecule has 3 amide bonds. The van der Waals surface area contributed by atoms with Crippen LogP contribution in [0.25, 0.3) is 0 Å². The van der Waals surface area contributed by atoms with Gasteiger partial charge < -0.3 is 25.0 Å². The first-order valence-electron chi connectivity index (χ1n) is 10.3. The van der Waals surface area contributed by atoms with Crippen molar-refractivity contribution in [3.8, 4) is 11.5 Å². The number of carbonyl (C=O) groups excluding carboxylic acids is 3. The lowest BCUT2D eigenvalue weighted by Crippen LogP contribution is -2.50. The Balaban J connectivity index is 1.53. The van der Waals surface area contributed by atoms with Crippen LogP contribution in [0.1, 0.15) is 17.3 Å². The van der Waals surface area contributed by atoms with E-state index in [2.05, 4.69) is 10.6 Å². The third-order valence-electron chi connectivity index (χ3n) is 5.17. The molecule has 170 valence electrons. The second-order valence-electron chi connectivity index (χ2n) is 7.41. The standard InChI is InChI=1S/C23H28N4O5/c1-16(28)24-18-6-4-5-7-19(18)25-22(29)15-26-10-12-27(13-11-26)23(30)17-8-9-20(31-2)21(14-17)32-3/h4-9,14H,10-13,15H2,1-3H3,(H,24,28)(H,25,29). The number of hydrogen-bond donors (Lipinski definition) is 2. The molecule has 32 heavy (non-hydrogen) atoms. The Bertz CT molecular complexity index is 986. The SMILES string of the molecule is COc1ccc(C(=O)N2CCN(CC(=O)Nc3ccccc3NC(C)=O)CC2)cc1OC. The van der Waals surface area contributed by atoms with E-state index in [0.717, 1.165) is 0 Å². The predicted molar refractivity (Wildman–Crippen MR) is 121 cm³/mol. The van der Waals surface area contributed by atoms with E-state index in [1.54, 1.807) is 54.5 Å². The van der Waals surface area contributed by atoms with Gasteiger partial charge in [0.25, 0.3) is 5.91 Å². The number of rotatable bonds is 7. The molecule has 2 aromatic rings. The van der Waals surface area contributed by atoms with Crippen LogP contribution in [-0.2, 0) is 9.59 Å². The Morgan fingerprint density at radius 1 is 0.875 bits per heavy atom. The Morgan fingerprint density at radius 3 is 2.09 bits per heavy atom. The first-order valence-corrected chi connectivity index (χ1v) is 10.3. The van der Waals surface area contributed by atoms with E-state index < -0.39 is 0 Å². The lowest BCUT2D eigenvalue weighted by atomic mass is 10.1. The monoisotopic (exact) mass is 440 g/mol. The zero-order chi connectivity index (χ0) is 23.1. The predicted octanol–water partition coefficient (Wildman–Crippen LogP) is 2.06.